The van der Waals surface area contributed by atoms with E-state index in [4.69, 9.17) is 9.56 Å². The highest BCUT2D eigenvalue weighted by atomic mass is 32.2. The van der Waals surface area contributed by atoms with Crippen molar-refractivity contribution < 1.29 is 12.8 Å². The summed E-state index contributed by atoms with van der Waals surface area (Å²) >= 11 is 0. The zero-order chi connectivity index (χ0) is 14.8. The number of sulfonamides is 1. The summed E-state index contributed by atoms with van der Waals surface area (Å²) in [6.45, 7) is 4.53. The van der Waals surface area contributed by atoms with Gasteiger partial charge < -0.3 is 9.73 Å². The average molecular weight is 294 g/mol. The molecule has 1 aromatic carbocycles. The molecule has 108 valence electrons. The van der Waals surface area contributed by atoms with Gasteiger partial charge in [0.2, 0.25) is 5.09 Å². The molecule has 0 aliphatic heterocycles. The Labute approximate surface area is 118 Å². The van der Waals surface area contributed by atoms with Gasteiger partial charge in [-0.25, -0.2) is 13.6 Å². The molecule has 0 saturated heterocycles. The molecule has 0 saturated carbocycles. The number of aryl methyl sites for hydroxylation is 2. The van der Waals surface area contributed by atoms with Crippen LogP contribution in [-0.4, -0.2) is 8.42 Å². The van der Waals surface area contributed by atoms with Gasteiger partial charge in [0.05, 0.1) is 6.54 Å². The first-order valence-corrected chi connectivity index (χ1v) is 7.90. The van der Waals surface area contributed by atoms with Crippen molar-refractivity contribution in [2.24, 2.45) is 5.14 Å². The van der Waals surface area contributed by atoms with Gasteiger partial charge in [-0.05, 0) is 36.6 Å². The van der Waals surface area contributed by atoms with Crippen molar-refractivity contribution in [2.75, 3.05) is 5.32 Å². The summed E-state index contributed by atoms with van der Waals surface area (Å²) in [5.41, 5.74) is 3.41. The lowest BCUT2D eigenvalue weighted by Crippen LogP contribution is -2.11. The molecule has 0 radical (unpaired) electrons. The third-order valence-electron chi connectivity index (χ3n) is 3.10. The van der Waals surface area contributed by atoms with Gasteiger partial charge in [-0.3, -0.25) is 0 Å². The second-order valence-corrected chi connectivity index (χ2v) is 6.07. The van der Waals surface area contributed by atoms with Crippen molar-refractivity contribution >= 4 is 15.7 Å². The van der Waals surface area contributed by atoms with E-state index in [1.165, 1.54) is 11.6 Å². The van der Waals surface area contributed by atoms with E-state index in [0.29, 0.717) is 12.3 Å². The van der Waals surface area contributed by atoms with E-state index in [9.17, 15) is 8.42 Å². The van der Waals surface area contributed by atoms with Crippen LogP contribution in [0.3, 0.4) is 0 Å². The molecule has 0 unspecified atom stereocenters. The molecule has 0 aliphatic carbocycles. The molecule has 2 rings (SSSR count). The van der Waals surface area contributed by atoms with Gasteiger partial charge in [0.15, 0.2) is 0 Å². The van der Waals surface area contributed by atoms with Crippen molar-refractivity contribution in [3.63, 3.8) is 0 Å². The van der Waals surface area contributed by atoms with Crippen molar-refractivity contribution in [2.45, 2.75) is 31.9 Å². The number of nitrogens with one attached hydrogen (secondary N) is 1. The van der Waals surface area contributed by atoms with Gasteiger partial charge >= 0.3 is 0 Å². The second kappa shape index (κ2) is 5.68. The fourth-order valence-electron chi connectivity index (χ4n) is 2.06. The number of furan rings is 1. The van der Waals surface area contributed by atoms with E-state index >= 15 is 0 Å². The summed E-state index contributed by atoms with van der Waals surface area (Å²) in [5, 5.41) is 8.08. The monoisotopic (exact) mass is 294 g/mol. The molecule has 20 heavy (non-hydrogen) atoms. The van der Waals surface area contributed by atoms with Crippen LogP contribution < -0.4 is 10.5 Å². The molecule has 0 amide bonds. The first-order valence-electron chi connectivity index (χ1n) is 6.35. The number of benzene rings is 1. The number of anilines is 1. The third-order valence-corrected chi connectivity index (χ3v) is 3.88. The SMILES string of the molecule is CCc1cccc(C)c1NCc1ccc(S(N)(=O)=O)o1. The molecule has 0 aliphatic rings. The Morgan fingerprint density at radius 1 is 1.25 bits per heavy atom. The first-order chi connectivity index (χ1) is 9.41. The normalized spacial score (nSPS) is 11.6. The molecule has 1 aromatic heterocycles. The van der Waals surface area contributed by atoms with Gasteiger partial charge in [-0.2, -0.15) is 0 Å². The third kappa shape index (κ3) is 3.20. The van der Waals surface area contributed by atoms with Gasteiger partial charge in [0.25, 0.3) is 10.0 Å². The molecule has 5 nitrogen and oxygen atoms in total. The van der Waals surface area contributed by atoms with Crippen LogP contribution in [0.25, 0.3) is 0 Å². The summed E-state index contributed by atoms with van der Waals surface area (Å²) < 4.78 is 27.5. The Hall–Kier alpha value is -1.79. The van der Waals surface area contributed by atoms with Gasteiger partial charge in [0.1, 0.15) is 5.76 Å². The zero-order valence-corrected chi connectivity index (χ0v) is 12.3. The molecule has 2 aromatic rings. The van der Waals surface area contributed by atoms with E-state index in [0.717, 1.165) is 17.7 Å². The highest BCUT2D eigenvalue weighted by molar-refractivity contribution is 7.89. The van der Waals surface area contributed by atoms with Crippen molar-refractivity contribution in [3.8, 4) is 0 Å². The smallest absolute Gasteiger partial charge is 0.271 e. The van der Waals surface area contributed by atoms with Crippen molar-refractivity contribution in [3.05, 3.63) is 47.2 Å². The second-order valence-electron chi connectivity index (χ2n) is 4.58. The van der Waals surface area contributed by atoms with E-state index in [2.05, 4.69) is 18.3 Å². The van der Waals surface area contributed by atoms with E-state index in [-0.39, 0.29) is 5.09 Å². The largest absolute Gasteiger partial charge is 0.446 e. The van der Waals surface area contributed by atoms with Crippen LogP contribution in [-0.2, 0) is 23.0 Å². The maximum absolute atomic E-state index is 11.1. The summed E-state index contributed by atoms with van der Waals surface area (Å²) in [7, 11) is -3.78. The predicted molar refractivity (Wildman–Crippen MR) is 78.0 cm³/mol. The molecule has 3 N–H and O–H groups in total. The van der Waals surface area contributed by atoms with Crippen molar-refractivity contribution in [1.82, 2.24) is 0 Å². The van der Waals surface area contributed by atoms with E-state index < -0.39 is 10.0 Å². The highest BCUT2D eigenvalue weighted by Crippen LogP contribution is 2.22. The number of hydrogen-bond acceptors (Lipinski definition) is 4. The minimum absolute atomic E-state index is 0.213. The topological polar surface area (TPSA) is 85.3 Å². The summed E-state index contributed by atoms with van der Waals surface area (Å²) in [6, 6.07) is 9.08. The number of hydrogen-bond donors (Lipinski definition) is 2. The van der Waals surface area contributed by atoms with Crippen molar-refractivity contribution in [1.29, 1.82) is 0 Å². The first kappa shape index (κ1) is 14.6. The summed E-state index contributed by atoms with van der Waals surface area (Å²) in [5.74, 6) is 0.527. The maximum atomic E-state index is 11.1. The lowest BCUT2D eigenvalue weighted by atomic mass is 10.1. The van der Waals surface area contributed by atoms with Crippen LogP contribution in [0.4, 0.5) is 5.69 Å². The molecule has 0 spiro atoms. The van der Waals surface area contributed by atoms with Crippen LogP contribution in [0.2, 0.25) is 0 Å². The molecule has 0 atom stereocenters. The highest BCUT2D eigenvalue weighted by Gasteiger charge is 2.13. The molecule has 6 heteroatoms. The zero-order valence-electron chi connectivity index (χ0n) is 11.5. The van der Waals surface area contributed by atoms with Crippen LogP contribution in [0, 0.1) is 6.92 Å². The van der Waals surface area contributed by atoms with Gasteiger partial charge in [-0.1, -0.05) is 25.1 Å². The lowest BCUT2D eigenvalue weighted by molar-refractivity contribution is 0.419. The number of primary sulfonamides is 1. The molecule has 0 fully saturated rings. The summed E-state index contributed by atoms with van der Waals surface area (Å²) in [6.07, 6.45) is 0.921. The molecular formula is C14H18N2O3S. The Bertz CT molecular complexity index is 705. The Balaban J connectivity index is 2.15. The summed E-state index contributed by atoms with van der Waals surface area (Å²) in [4.78, 5) is 0. The van der Waals surface area contributed by atoms with Crippen LogP contribution >= 0.6 is 0 Å². The fourth-order valence-corrected chi connectivity index (χ4v) is 2.54. The van der Waals surface area contributed by atoms with Gasteiger partial charge in [-0.15, -0.1) is 0 Å². The van der Waals surface area contributed by atoms with Crippen LogP contribution in [0.5, 0.6) is 0 Å². The Morgan fingerprint density at radius 3 is 2.60 bits per heavy atom. The molecule has 1 heterocycles. The Kier molecular flexibility index (Phi) is 4.15. The minimum atomic E-state index is -3.78. The maximum Gasteiger partial charge on any atom is 0.271 e. The van der Waals surface area contributed by atoms with E-state index in [1.807, 2.05) is 19.1 Å². The van der Waals surface area contributed by atoms with Gasteiger partial charge in [0, 0.05) is 5.69 Å². The fraction of sp³-hybridized carbons (Fsp3) is 0.286. The van der Waals surface area contributed by atoms with E-state index in [1.54, 1.807) is 6.07 Å². The predicted octanol–water partition coefficient (Wildman–Crippen LogP) is 2.41. The number of nitrogens with two attached hydrogens (primary N) is 1. The number of rotatable bonds is 5. The Morgan fingerprint density at radius 2 is 2.00 bits per heavy atom. The standard InChI is InChI=1S/C14H18N2O3S/c1-3-11-6-4-5-10(2)14(11)16-9-12-7-8-13(19-12)20(15,17)18/h4-8,16H,3,9H2,1-2H3,(H2,15,17,18). The van der Waals surface area contributed by atoms with Crippen LogP contribution in [0.1, 0.15) is 23.8 Å². The average Bonchev–Trinajstić information content (AvgIpc) is 2.85. The molecular weight excluding hydrogens is 276 g/mol. The number of para-hydroxylation sites is 1. The van der Waals surface area contributed by atoms with Crippen LogP contribution in [0.15, 0.2) is 39.8 Å². The lowest BCUT2D eigenvalue weighted by Gasteiger charge is -2.12. The molecule has 0 bridgehead atoms. The quantitative estimate of drug-likeness (QED) is 0.886. The minimum Gasteiger partial charge on any atom is -0.446 e.